The first-order valence-corrected chi connectivity index (χ1v) is 6.05. The molecule has 0 spiro atoms. The molecule has 0 bridgehead atoms. The third-order valence-corrected chi connectivity index (χ3v) is 3.58. The maximum absolute atomic E-state index is 3.72. The van der Waals surface area contributed by atoms with Gasteiger partial charge in [-0.1, -0.05) is 40.0 Å². The average molecular weight is 183 g/mol. The zero-order chi connectivity index (χ0) is 9.68. The second-order valence-electron chi connectivity index (χ2n) is 4.48. The molecular formula is C12H25N. The van der Waals surface area contributed by atoms with E-state index in [4.69, 9.17) is 0 Å². The molecule has 0 radical (unpaired) electrons. The predicted molar refractivity (Wildman–Crippen MR) is 58.9 cm³/mol. The molecule has 1 nitrogen and oxygen atoms in total. The average Bonchev–Trinajstić information content (AvgIpc) is 2.19. The molecule has 1 saturated heterocycles. The summed E-state index contributed by atoms with van der Waals surface area (Å²) in [4.78, 5) is 0. The van der Waals surface area contributed by atoms with Gasteiger partial charge in [0.25, 0.3) is 0 Å². The molecule has 0 aliphatic carbocycles. The van der Waals surface area contributed by atoms with Gasteiger partial charge in [-0.25, -0.2) is 0 Å². The Labute approximate surface area is 83.3 Å². The van der Waals surface area contributed by atoms with E-state index < -0.39 is 0 Å². The van der Waals surface area contributed by atoms with Crippen LogP contribution in [-0.4, -0.2) is 12.6 Å². The van der Waals surface area contributed by atoms with E-state index in [1.807, 2.05) is 0 Å². The summed E-state index contributed by atoms with van der Waals surface area (Å²) >= 11 is 0. The van der Waals surface area contributed by atoms with E-state index in [0.717, 1.165) is 17.9 Å². The van der Waals surface area contributed by atoms with Crippen molar-refractivity contribution in [2.45, 2.75) is 58.9 Å². The Kier molecular flexibility index (Phi) is 4.79. The first kappa shape index (κ1) is 11.0. The Bertz CT molecular complexity index is 133. The molecule has 3 unspecified atom stereocenters. The highest BCUT2D eigenvalue weighted by Crippen LogP contribution is 2.27. The van der Waals surface area contributed by atoms with Crippen LogP contribution in [0.2, 0.25) is 0 Å². The topological polar surface area (TPSA) is 12.0 Å². The fourth-order valence-electron chi connectivity index (χ4n) is 2.57. The SMILES string of the molecule is CCCC1NCC(CC)CC1CC. The van der Waals surface area contributed by atoms with E-state index in [1.54, 1.807) is 0 Å². The molecule has 3 atom stereocenters. The molecule has 13 heavy (non-hydrogen) atoms. The Morgan fingerprint density at radius 3 is 2.46 bits per heavy atom. The molecule has 1 fully saturated rings. The Balaban J connectivity index is 2.40. The zero-order valence-electron chi connectivity index (χ0n) is 9.47. The fraction of sp³-hybridized carbons (Fsp3) is 1.00. The number of nitrogens with one attached hydrogen (secondary N) is 1. The summed E-state index contributed by atoms with van der Waals surface area (Å²) in [7, 11) is 0. The van der Waals surface area contributed by atoms with E-state index >= 15 is 0 Å². The van der Waals surface area contributed by atoms with Gasteiger partial charge in [0.15, 0.2) is 0 Å². The first-order chi connectivity index (χ1) is 6.31. The monoisotopic (exact) mass is 183 g/mol. The smallest absolute Gasteiger partial charge is 0.00953 e. The van der Waals surface area contributed by atoms with Gasteiger partial charge in [0, 0.05) is 6.04 Å². The molecule has 1 heterocycles. The highest BCUT2D eigenvalue weighted by molar-refractivity contribution is 4.83. The minimum Gasteiger partial charge on any atom is -0.313 e. The number of rotatable bonds is 4. The van der Waals surface area contributed by atoms with E-state index in [-0.39, 0.29) is 0 Å². The van der Waals surface area contributed by atoms with Crippen LogP contribution in [0.3, 0.4) is 0 Å². The Morgan fingerprint density at radius 1 is 1.15 bits per heavy atom. The quantitative estimate of drug-likeness (QED) is 0.706. The highest BCUT2D eigenvalue weighted by Gasteiger charge is 2.26. The number of hydrogen-bond acceptors (Lipinski definition) is 1. The summed E-state index contributed by atoms with van der Waals surface area (Å²) in [5.41, 5.74) is 0. The van der Waals surface area contributed by atoms with Gasteiger partial charge in [0.1, 0.15) is 0 Å². The van der Waals surface area contributed by atoms with Crippen molar-refractivity contribution in [1.29, 1.82) is 0 Å². The normalized spacial score (nSPS) is 34.8. The van der Waals surface area contributed by atoms with Gasteiger partial charge in [-0.05, 0) is 31.2 Å². The Hall–Kier alpha value is -0.0400. The van der Waals surface area contributed by atoms with Gasteiger partial charge in [0.05, 0.1) is 0 Å². The fourth-order valence-corrected chi connectivity index (χ4v) is 2.57. The standard InChI is InChI=1S/C12H25N/c1-4-7-12-11(6-3)8-10(5-2)9-13-12/h10-13H,4-9H2,1-3H3. The molecule has 0 aromatic rings. The van der Waals surface area contributed by atoms with Crippen LogP contribution in [0.25, 0.3) is 0 Å². The summed E-state index contributed by atoms with van der Waals surface area (Å²) in [6.07, 6.45) is 6.86. The van der Waals surface area contributed by atoms with Crippen molar-refractivity contribution < 1.29 is 0 Å². The summed E-state index contributed by atoms with van der Waals surface area (Å²) in [5, 5.41) is 3.72. The van der Waals surface area contributed by atoms with Crippen LogP contribution in [0, 0.1) is 11.8 Å². The van der Waals surface area contributed by atoms with Crippen LogP contribution >= 0.6 is 0 Å². The summed E-state index contributed by atoms with van der Waals surface area (Å²) < 4.78 is 0. The maximum atomic E-state index is 3.72. The van der Waals surface area contributed by atoms with Crippen LogP contribution in [0.4, 0.5) is 0 Å². The molecule has 1 N–H and O–H groups in total. The van der Waals surface area contributed by atoms with Crippen molar-refractivity contribution in [2.24, 2.45) is 11.8 Å². The van der Waals surface area contributed by atoms with E-state index in [9.17, 15) is 0 Å². The van der Waals surface area contributed by atoms with Crippen molar-refractivity contribution in [3.63, 3.8) is 0 Å². The van der Waals surface area contributed by atoms with Gasteiger partial charge < -0.3 is 5.32 Å². The van der Waals surface area contributed by atoms with Crippen molar-refractivity contribution in [3.05, 3.63) is 0 Å². The predicted octanol–water partition coefficient (Wildman–Crippen LogP) is 3.20. The lowest BCUT2D eigenvalue weighted by Gasteiger charge is -2.36. The van der Waals surface area contributed by atoms with Gasteiger partial charge >= 0.3 is 0 Å². The molecule has 0 aromatic heterocycles. The van der Waals surface area contributed by atoms with E-state index in [1.165, 1.54) is 38.6 Å². The summed E-state index contributed by atoms with van der Waals surface area (Å²) in [5.74, 6) is 1.89. The van der Waals surface area contributed by atoms with Crippen LogP contribution in [0.15, 0.2) is 0 Å². The summed E-state index contributed by atoms with van der Waals surface area (Å²) in [6.45, 7) is 8.21. The van der Waals surface area contributed by atoms with Crippen molar-refractivity contribution >= 4 is 0 Å². The van der Waals surface area contributed by atoms with Crippen LogP contribution < -0.4 is 5.32 Å². The number of piperidine rings is 1. The van der Waals surface area contributed by atoms with Crippen LogP contribution in [0.5, 0.6) is 0 Å². The minimum atomic E-state index is 0.817. The maximum Gasteiger partial charge on any atom is 0.00953 e. The molecule has 0 saturated carbocycles. The summed E-state index contributed by atoms with van der Waals surface area (Å²) in [6, 6.07) is 0.817. The van der Waals surface area contributed by atoms with Crippen molar-refractivity contribution in [1.82, 2.24) is 5.32 Å². The van der Waals surface area contributed by atoms with Crippen molar-refractivity contribution in [2.75, 3.05) is 6.54 Å². The lowest BCUT2D eigenvalue weighted by molar-refractivity contribution is 0.199. The molecule has 1 heteroatoms. The molecule has 78 valence electrons. The molecule has 0 aromatic carbocycles. The second kappa shape index (κ2) is 5.64. The second-order valence-corrected chi connectivity index (χ2v) is 4.48. The lowest BCUT2D eigenvalue weighted by atomic mass is 9.80. The van der Waals surface area contributed by atoms with Crippen molar-refractivity contribution in [3.8, 4) is 0 Å². The molecule has 1 rings (SSSR count). The first-order valence-electron chi connectivity index (χ1n) is 6.05. The molecule has 1 aliphatic rings. The van der Waals surface area contributed by atoms with Gasteiger partial charge in [0.2, 0.25) is 0 Å². The third-order valence-electron chi connectivity index (χ3n) is 3.58. The molecule has 1 aliphatic heterocycles. The number of hydrogen-bond donors (Lipinski definition) is 1. The highest BCUT2D eigenvalue weighted by atomic mass is 14.9. The lowest BCUT2D eigenvalue weighted by Crippen LogP contribution is -2.44. The zero-order valence-corrected chi connectivity index (χ0v) is 9.47. The van der Waals surface area contributed by atoms with E-state index in [0.29, 0.717) is 0 Å². The van der Waals surface area contributed by atoms with Crippen LogP contribution in [0.1, 0.15) is 52.9 Å². The minimum absolute atomic E-state index is 0.817. The largest absolute Gasteiger partial charge is 0.313 e. The van der Waals surface area contributed by atoms with Gasteiger partial charge in [-0.3, -0.25) is 0 Å². The van der Waals surface area contributed by atoms with E-state index in [2.05, 4.69) is 26.1 Å². The van der Waals surface area contributed by atoms with Gasteiger partial charge in [-0.15, -0.1) is 0 Å². The third kappa shape index (κ3) is 2.98. The molecular weight excluding hydrogens is 158 g/mol. The van der Waals surface area contributed by atoms with Gasteiger partial charge in [-0.2, -0.15) is 0 Å². The Morgan fingerprint density at radius 2 is 1.92 bits per heavy atom. The van der Waals surface area contributed by atoms with Crippen LogP contribution in [-0.2, 0) is 0 Å². The molecule has 0 amide bonds.